The smallest absolute Gasteiger partial charge is 0.0568 e. The van der Waals surface area contributed by atoms with E-state index in [2.05, 4.69) is 16.8 Å². The SMILES string of the molecule is OC(CCCCc1ccsc1)C1CC1. The van der Waals surface area contributed by atoms with Gasteiger partial charge in [0.05, 0.1) is 6.10 Å². The Labute approximate surface area is 89.8 Å². The summed E-state index contributed by atoms with van der Waals surface area (Å²) in [5, 5.41) is 14.0. The van der Waals surface area contributed by atoms with Crippen LogP contribution < -0.4 is 0 Å². The summed E-state index contributed by atoms with van der Waals surface area (Å²) in [5.74, 6) is 0.649. The van der Waals surface area contributed by atoms with Crippen molar-refractivity contribution in [3.05, 3.63) is 22.4 Å². The molecule has 0 aromatic carbocycles. The molecule has 0 spiro atoms. The van der Waals surface area contributed by atoms with E-state index < -0.39 is 0 Å². The van der Waals surface area contributed by atoms with Crippen molar-refractivity contribution in [3.8, 4) is 0 Å². The van der Waals surface area contributed by atoms with Crippen LogP contribution in [0.15, 0.2) is 16.8 Å². The predicted octanol–water partition coefficient (Wildman–Crippen LogP) is 3.23. The zero-order valence-corrected chi connectivity index (χ0v) is 9.30. The van der Waals surface area contributed by atoms with Crippen LogP contribution in [0.2, 0.25) is 0 Å². The predicted molar refractivity (Wildman–Crippen MR) is 60.6 cm³/mol. The standard InChI is InChI=1S/C12H18OS/c13-12(11-5-6-11)4-2-1-3-10-7-8-14-9-10/h7-9,11-13H,1-6H2. The van der Waals surface area contributed by atoms with Gasteiger partial charge in [-0.3, -0.25) is 0 Å². The van der Waals surface area contributed by atoms with Gasteiger partial charge in [0.2, 0.25) is 0 Å². The molecule has 1 atom stereocenters. The fourth-order valence-corrected chi connectivity index (χ4v) is 2.54. The number of thiophene rings is 1. The first-order chi connectivity index (χ1) is 6.86. The lowest BCUT2D eigenvalue weighted by molar-refractivity contribution is 0.138. The molecule has 2 rings (SSSR count). The average molecular weight is 210 g/mol. The summed E-state index contributed by atoms with van der Waals surface area (Å²) in [6.45, 7) is 0. The van der Waals surface area contributed by atoms with E-state index in [1.54, 1.807) is 11.3 Å². The third kappa shape index (κ3) is 3.10. The Morgan fingerprint density at radius 1 is 1.43 bits per heavy atom. The van der Waals surface area contributed by atoms with Crippen LogP contribution in [0.5, 0.6) is 0 Å². The van der Waals surface area contributed by atoms with Gasteiger partial charge < -0.3 is 5.11 Å². The van der Waals surface area contributed by atoms with Crippen LogP contribution in [0.25, 0.3) is 0 Å². The summed E-state index contributed by atoms with van der Waals surface area (Å²) in [7, 11) is 0. The van der Waals surface area contributed by atoms with E-state index in [4.69, 9.17) is 0 Å². The van der Waals surface area contributed by atoms with E-state index in [-0.39, 0.29) is 6.10 Å². The summed E-state index contributed by atoms with van der Waals surface area (Å²) in [5.41, 5.74) is 1.45. The molecule has 1 aliphatic rings. The second-order valence-corrected chi connectivity index (χ2v) is 5.06. The van der Waals surface area contributed by atoms with Gasteiger partial charge in [0.15, 0.2) is 0 Å². The third-order valence-electron chi connectivity index (χ3n) is 2.96. The van der Waals surface area contributed by atoms with E-state index in [9.17, 15) is 5.11 Å². The maximum atomic E-state index is 9.65. The van der Waals surface area contributed by atoms with Crippen molar-refractivity contribution in [2.75, 3.05) is 0 Å². The fraction of sp³-hybridized carbons (Fsp3) is 0.667. The highest BCUT2D eigenvalue weighted by Crippen LogP contribution is 2.34. The molecule has 1 saturated carbocycles. The second kappa shape index (κ2) is 4.94. The molecule has 78 valence electrons. The van der Waals surface area contributed by atoms with Crippen molar-refractivity contribution in [3.63, 3.8) is 0 Å². The van der Waals surface area contributed by atoms with Gasteiger partial charge in [-0.1, -0.05) is 6.42 Å². The summed E-state index contributed by atoms with van der Waals surface area (Å²) < 4.78 is 0. The Bertz CT molecular complexity index is 251. The Morgan fingerprint density at radius 3 is 2.93 bits per heavy atom. The number of unbranched alkanes of at least 4 members (excludes halogenated alkanes) is 1. The van der Waals surface area contributed by atoms with E-state index in [1.165, 1.54) is 37.7 Å². The lowest BCUT2D eigenvalue weighted by Crippen LogP contribution is -2.08. The van der Waals surface area contributed by atoms with Crippen molar-refractivity contribution < 1.29 is 5.11 Å². The van der Waals surface area contributed by atoms with Crippen LogP contribution in [-0.2, 0) is 6.42 Å². The molecule has 1 N–H and O–H groups in total. The fourth-order valence-electron chi connectivity index (χ4n) is 1.83. The van der Waals surface area contributed by atoms with Crippen LogP contribution in [0.3, 0.4) is 0 Å². The van der Waals surface area contributed by atoms with Gasteiger partial charge in [-0.25, -0.2) is 0 Å². The zero-order chi connectivity index (χ0) is 9.80. The van der Waals surface area contributed by atoms with Gasteiger partial charge in [0, 0.05) is 0 Å². The summed E-state index contributed by atoms with van der Waals surface area (Å²) in [4.78, 5) is 0. The molecule has 0 radical (unpaired) electrons. The van der Waals surface area contributed by atoms with E-state index in [0.717, 1.165) is 6.42 Å². The number of rotatable bonds is 6. The molecule has 0 amide bonds. The van der Waals surface area contributed by atoms with E-state index in [0.29, 0.717) is 5.92 Å². The molecule has 1 unspecified atom stereocenters. The molecule has 0 saturated heterocycles. The highest BCUT2D eigenvalue weighted by atomic mass is 32.1. The zero-order valence-electron chi connectivity index (χ0n) is 8.48. The van der Waals surface area contributed by atoms with Gasteiger partial charge in [-0.15, -0.1) is 0 Å². The maximum absolute atomic E-state index is 9.65. The van der Waals surface area contributed by atoms with Gasteiger partial charge in [0.25, 0.3) is 0 Å². The van der Waals surface area contributed by atoms with Crippen LogP contribution in [-0.4, -0.2) is 11.2 Å². The van der Waals surface area contributed by atoms with Crippen molar-refractivity contribution in [2.24, 2.45) is 5.92 Å². The molecule has 14 heavy (non-hydrogen) atoms. The van der Waals surface area contributed by atoms with Gasteiger partial charge in [-0.2, -0.15) is 11.3 Å². The minimum absolute atomic E-state index is 0.00234. The first kappa shape index (κ1) is 10.2. The Morgan fingerprint density at radius 2 is 2.29 bits per heavy atom. The number of hydrogen-bond donors (Lipinski definition) is 1. The number of hydrogen-bond acceptors (Lipinski definition) is 2. The van der Waals surface area contributed by atoms with Crippen LogP contribution in [0.1, 0.15) is 37.7 Å². The highest BCUT2D eigenvalue weighted by Gasteiger charge is 2.28. The van der Waals surface area contributed by atoms with Crippen LogP contribution in [0.4, 0.5) is 0 Å². The lowest BCUT2D eigenvalue weighted by Gasteiger charge is -2.07. The molecule has 2 heteroatoms. The molecule has 1 aliphatic carbocycles. The monoisotopic (exact) mass is 210 g/mol. The van der Waals surface area contributed by atoms with Crippen molar-refractivity contribution in [2.45, 2.75) is 44.6 Å². The number of aliphatic hydroxyl groups excluding tert-OH is 1. The summed E-state index contributed by atoms with van der Waals surface area (Å²) in [6.07, 6.45) is 7.10. The first-order valence-electron chi connectivity index (χ1n) is 5.55. The maximum Gasteiger partial charge on any atom is 0.0568 e. The van der Waals surface area contributed by atoms with Crippen LogP contribution in [0, 0.1) is 5.92 Å². The average Bonchev–Trinajstić information content (AvgIpc) is 2.92. The normalized spacial score (nSPS) is 18.4. The van der Waals surface area contributed by atoms with Crippen molar-refractivity contribution in [1.29, 1.82) is 0 Å². The molecule has 1 aromatic heterocycles. The molecule has 0 bridgehead atoms. The minimum atomic E-state index is -0.00234. The molecule has 1 heterocycles. The largest absolute Gasteiger partial charge is 0.393 e. The molecule has 1 fully saturated rings. The molecular formula is C12H18OS. The van der Waals surface area contributed by atoms with Crippen molar-refractivity contribution in [1.82, 2.24) is 0 Å². The quantitative estimate of drug-likeness (QED) is 0.715. The number of aryl methyl sites for hydroxylation is 1. The molecule has 0 aliphatic heterocycles. The van der Waals surface area contributed by atoms with Gasteiger partial charge in [0.1, 0.15) is 0 Å². The Kier molecular flexibility index (Phi) is 3.60. The van der Waals surface area contributed by atoms with E-state index in [1.807, 2.05) is 0 Å². The number of aliphatic hydroxyl groups is 1. The third-order valence-corrected chi connectivity index (χ3v) is 3.69. The van der Waals surface area contributed by atoms with Crippen molar-refractivity contribution >= 4 is 11.3 Å². The Balaban J connectivity index is 1.54. The minimum Gasteiger partial charge on any atom is -0.393 e. The van der Waals surface area contributed by atoms with Gasteiger partial charge >= 0.3 is 0 Å². The van der Waals surface area contributed by atoms with Crippen LogP contribution >= 0.6 is 11.3 Å². The Hall–Kier alpha value is -0.340. The summed E-state index contributed by atoms with van der Waals surface area (Å²) >= 11 is 1.77. The highest BCUT2D eigenvalue weighted by molar-refractivity contribution is 7.07. The topological polar surface area (TPSA) is 20.2 Å². The molecule has 1 nitrogen and oxygen atoms in total. The molecule has 1 aromatic rings. The summed E-state index contributed by atoms with van der Waals surface area (Å²) in [6, 6.07) is 2.20. The first-order valence-corrected chi connectivity index (χ1v) is 6.49. The lowest BCUT2D eigenvalue weighted by atomic mass is 10.1. The molecular weight excluding hydrogens is 192 g/mol. The van der Waals surface area contributed by atoms with Gasteiger partial charge in [-0.05, 0) is 60.4 Å². The van der Waals surface area contributed by atoms with E-state index >= 15 is 0 Å². The second-order valence-electron chi connectivity index (χ2n) is 4.28.